The lowest BCUT2D eigenvalue weighted by atomic mass is 10.1. The Hall–Kier alpha value is -3.20. The van der Waals surface area contributed by atoms with E-state index in [-0.39, 0.29) is 0 Å². The minimum atomic E-state index is 0.762. The zero-order valence-corrected chi connectivity index (χ0v) is 12.1. The molecule has 0 spiro atoms. The summed E-state index contributed by atoms with van der Waals surface area (Å²) in [4.78, 5) is 0. The maximum atomic E-state index is 6.23. The van der Waals surface area contributed by atoms with E-state index in [1.54, 1.807) is 0 Å². The van der Waals surface area contributed by atoms with E-state index >= 15 is 0 Å². The predicted molar refractivity (Wildman–Crippen MR) is 90.2 cm³/mol. The molecule has 6 rings (SSSR count). The molecule has 5 aromatic rings. The molecule has 1 aliphatic rings. The van der Waals surface area contributed by atoms with Gasteiger partial charge in [-0.25, -0.2) is 0 Å². The molecule has 3 nitrogen and oxygen atoms in total. The van der Waals surface area contributed by atoms with Crippen LogP contribution in [0.3, 0.4) is 0 Å². The highest BCUT2D eigenvalue weighted by Gasteiger charge is 2.28. The van der Waals surface area contributed by atoms with Crippen molar-refractivity contribution in [1.29, 1.82) is 0 Å². The maximum absolute atomic E-state index is 6.23. The van der Waals surface area contributed by atoms with Crippen LogP contribution >= 0.6 is 0 Å². The monoisotopic (exact) mass is 297 g/mol. The highest BCUT2D eigenvalue weighted by molar-refractivity contribution is 6.14. The van der Waals surface area contributed by atoms with Crippen LogP contribution in [-0.4, -0.2) is 4.40 Å². The van der Waals surface area contributed by atoms with Gasteiger partial charge in [0.2, 0.25) is 0 Å². The van der Waals surface area contributed by atoms with Gasteiger partial charge in [-0.3, -0.25) is 0 Å². The van der Waals surface area contributed by atoms with Crippen LogP contribution < -0.4 is 9.47 Å². The van der Waals surface area contributed by atoms with Crippen LogP contribution in [0.5, 0.6) is 23.0 Å². The number of benzene rings is 2. The minimum Gasteiger partial charge on any atom is -0.447 e. The van der Waals surface area contributed by atoms with Gasteiger partial charge < -0.3 is 13.9 Å². The summed E-state index contributed by atoms with van der Waals surface area (Å²) in [6.07, 6.45) is 0. The van der Waals surface area contributed by atoms with Gasteiger partial charge in [-0.2, -0.15) is 0 Å². The summed E-state index contributed by atoms with van der Waals surface area (Å²) in [5.41, 5.74) is 3.30. The quantitative estimate of drug-likeness (QED) is 0.365. The minimum absolute atomic E-state index is 0.762. The molecular formula is C20H11NO2. The Labute approximate surface area is 131 Å². The third-order valence-corrected chi connectivity index (χ3v) is 4.60. The van der Waals surface area contributed by atoms with Crippen molar-refractivity contribution in [2.75, 3.05) is 0 Å². The van der Waals surface area contributed by atoms with Crippen molar-refractivity contribution in [3.05, 3.63) is 66.7 Å². The second kappa shape index (κ2) is 3.76. The molecule has 1 aliphatic heterocycles. The SMILES string of the molecule is c1ccc2c(c1)Oc1c(c3c4ccccc4c4cccc1n43)O2. The highest BCUT2D eigenvalue weighted by atomic mass is 16.6. The van der Waals surface area contributed by atoms with E-state index in [0.29, 0.717) is 0 Å². The highest BCUT2D eigenvalue weighted by Crippen LogP contribution is 2.53. The predicted octanol–water partition coefficient (Wildman–Crippen LogP) is 5.58. The second-order valence-electron chi connectivity index (χ2n) is 5.83. The summed E-state index contributed by atoms with van der Waals surface area (Å²) in [5, 5.41) is 2.42. The molecule has 0 saturated heterocycles. The van der Waals surface area contributed by atoms with Crippen molar-refractivity contribution < 1.29 is 9.47 Å². The molecule has 3 aromatic heterocycles. The molecular weight excluding hydrogens is 286 g/mol. The summed E-state index contributed by atoms with van der Waals surface area (Å²) in [7, 11) is 0. The van der Waals surface area contributed by atoms with Crippen molar-refractivity contribution in [1.82, 2.24) is 4.40 Å². The Morgan fingerprint density at radius 1 is 0.565 bits per heavy atom. The molecule has 3 heteroatoms. The first-order valence-electron chi connectivity index (χ1n) is 7.64. The molecule has 0 fully saturated rings. The standard InChI is InChI=1S/C20H11NO2/c1-2-7-13-12(6-1)14-8-5-9-15-19-20(18(13)21(14)15)23-17-11-4-3-10-16(17)22-19/h1-11H. The molecule has 2 aromatic carbocycles. The van der Waals surface area contributed by atoms with Crippen LogP contribution in [0, 0.1) is 0 Å². The largest absolute Gasteiger partial charge is 0.447 e. The van der Waals surface area contributed by atoms with Crippen molar-refractivity contribution >= 4 is 27.3 Å². The van der Waals surface area contributed by atoms with Crippen molar-refractivity contribution in [3.63, 3.8) is 0 Å². The average Bonchev–Trinajstić information content (AvgIpc) is 3.11. The molecule has 0 atom stereocenters. The van der Waals surface area contributed by atoms with E-state index in [1.807, 2.05) is 24.3 Å². The Morgan fingerprint density at radius 3 is 2.04 bits per heavy atom. The lowest BCUT2D eigenvalue weighted by Crippen LogP contribution is -1.96. The van der Waals surface area contributed by atoms with Crippen molar-refractivity contribution in [3.8, 4) is 23.0 Å². The molecule has 108 valence electrons. The van der Waals surface area contributed by atoms with E-state index in [2.05, 4.69) is 46.9 Å². The summed E-state index contributed by atoms with van der Waals surface area (Å²) < 4.78 is 14.6. The number of fused-ring (bicyclic) bond motifs is 7. The van der Waals surface area contributed by atoms with Crippen LogP contribution in [0.2, 0.25) is 0 Å². The zero-order valence-electron chi connectivity index (χ0n) is 12.1. The number of rotatable bonds is 0. The van der Waals surface area contributed by atoms with E-state index in [0.717, 1.165) is 34.0 Å². The van der Waals surface area contributed by atoms with Crippen LogP contribution in [0.4, 0.5) is 0 Å². The fourth-order valence-electron chi connectivity index (χ4n) is 3.65. The van der Waals surface area contributed by atoms with Gasteiger partial charge in [-0.15, -0.1) is 0 Å². The topological polar surface area (TPSA) is 22.9 Å². The van der Waals surface area contributed by atoms with Crippen molar-refractivity contribution in [2.45, 2.75) is 0 Å². The molecule has 0 saturated carbocycles. The number of hydrogen-bond donors (Lipinski definition) is 0. The summed E-state index contributed by atoms with van der Waals surface area (Å²) in [6.45, 7) is 0. The first kappa shape index (κ1) is 11.4. The fourth-order valence-corrected chi connectivity index (χ4v) is 3.65. The van der Waals surface area contributed by atoms with E-state index < -0.39 is 0 Å². The number of pyridine rings is 1. The summed E-state index contributed by atoms with van der Waals surface area (Å²) >= 11 is 0. The first-order valence-corrected chi connectivity index (χ1v) is 7.64. The smallest absolute Gasteiger partial charge is 0.196 e. The Kier molecular flexibility index (Phi) is 1.86. The van der Waals surface area contributed by atoms with Crippen LogP contribution in [0.25, 0.3) is 27.3 Å². The molecule has 0 aliphatic carbocycles. The lowest BCUT2D eigenvalue weighted by molar-refractivity contribution is 0.368. The van der Waals surface area contributed by atoms with Gasteiger partial charge in [0.05, 0.1) is 11.0 Å². The van der Waals surface area contributed by atoms with Gasteiger partial charge in [0.25, 0.3) is 0 Å². The Balaban J connectivity index is 1.83. The molecule has 0 radical (unpaired) electrons. The average molecular weight is 297 g/mol. The summed E-state index contributed by atoms with van der Waals surface area (Å²) in [5.74, 6) is 3.13. The second-order valence-corrected chi connectivity index (χ2v) is 5.83. The molecule has 0 amide bonds. The zero-order chi connectivity index (χ0) is 15.0. The van der Waals surface area contributed by atoms with Crippen LogP contribution in [0.15, 0.2) is 66.7 Å². The van der Waals surface area contributed by atoms with E-state index in [4.69, 9.17) is 9.47 Å². The normalized spacial score (nSPS) is 13.0. The number of aromatic nitrogens is 1. The van der Waals surface area contributed by atoms with E-state index in [9.17, 15) is 0 Å². The third-order valence-electron chi connectivity index (χ3n) is 4.60. The molecule has 0 bridgehead atoms. The van der Waals surface area contributed by atoms with Gasteiger partial charge in [0.15, 0.2) is 23.0 Å². The number of hydrogen-bond acceptors (Lipinski definition) is 2. The lowest BCUT2D eigenvalue weighted by Gasteiger charge is -2.18. The van der Waals surface area contributed by atoms with Gasteiger partial charge in [0, 0.05) is 10.8 Å². The molecule has 4 heterocycles. The first-order chi connectivity index (χ1) is 11.4. The maximum Gasteiger partial charge on any atom is 0.196 e. The van der Waals surface area contributed by atoms with Gasteiger partial charge >= 0.3 is 0 Å². The number of nitrogens with zero attached hydrogens (tertiary/aromatic N) is 1. The molecule has 0 unspecified atom stereocenters. The van der Waals surface area contributed by atoms with E-state index in [1.165, 1.54) is 16.3 Å². The Morgan fingerprint density at radius 2 is 1.22 bits per heavy atom. The molecule has 23 heavy (non-hydrogen) atoms. The fraction of sp³-hybridized carbons (Fsp3) is 0. The van der Waals surface area contributed by atoms with Crippen molar-refractivity contribution in [2.24, 2.45) is 0 Å². The van der Waals surface area contributed by atoms with Gasteiger partial charge in [0.1, 0.15) is 5.52 Å². The molecule has 0 N–H and O–H groups in total. The number of para-hydroxylation sites is 2. The third kappa shape index (κ3) is 1.26. The Bertz CT molecular complexity index is 1220. The van der Waals surface area contributed by atoms with Gasteiger partial charge in [-0.1, -0.05) is 42.5 Å². The number of ether oxygens (including phenoxy) is 2. The van der Waals surface area contributed by atoms with Gasteiger partial charge in [-0.05, 0) is 24.3 Å². The van der Waals surface area contributed by atoms with Crippen LogP contribution in [0.1, 0.15) is 0 Å². The summed E-state index contributed by atoms with van der Waals surface area (Å²) in [6, 6.07) is 22.5. The van der Waals surface area contributed by atoms with Crippen LogP contribution in [-0.2, 0) is 0 Å².